The third-order valence-electron chi connectivity index (χ3n) is 3.95. The number of carboxylic acid groups (broad SMARTS) is 1. The molecule has 0 bridgehead atoms. The molecule has 0 fully saturated rings. The summed E-state index contributed by atoms with van der Waals surface area (Å²) in [7, 11) is 0. The Morgan fingerprint density at radius 3 is 1.74 bits per heavy atom. The molecule has 222 valence electrons. The molecule has 0 saturated heterocycles. The maximum absolute atomic E-state index is 11.8. The summed E-state index contributed by atoms with van der Waals surface area (Å²) < 4.78 is 27.9. The van der Waals surface area contributed by atoms with Crippen LogP contribution in [0, 0.1) is 26.7 Å². The van der Waals surface area contributed by atoms with Gasteiger partial charge in [0.2, 0.25) is 0 Å². The van der Waals surface area contributed by atoms with E-state index < -0.39 is 12.6 Å². The van der Waals surface area contributed by atoms with E-state index in [2.05, 4.69) is 25.5 Å². The fraction of sp³-hybridized carbons (Fsp3) is 0.562. The lowest BCUT2D eigenvalue weighted by Gasteiger charge is -2.06. The van der Waals surface area contributed by atoms with Gasteiger partial charge in [0.25, 0.3) is 0 Å². The molecule has 2 aromatic carbocycles. The summed E-state index contributed by atoms with van der Waals surface area (Å²) >= 11 is 0. The molecule has 0 radical (unpaired) electrons. The fourth-order valence-corrected chi connectivity index (χ4v) is 2.35. The Balaban J connectivity index is -0.000000133. The molecule has 0 atom stereocenters. The third kappa shape index (κ3) is 27.8. The van der Waals surface area contributed by atoms with Crippen LogP contribution in [-0.4, -0.2) is 24.0 Å². The molecule has 0 amide bonds. The SMILES string of the molecule is CC.CC.CC.CC(C)C.CC=O.CCCc1cccc(OC(F)F)c1.Cc1ccc(C(=O)O)c(C)c1C. The van der Waals surface area contributed by atoms with Gasteiger partial charge in [0.15, 0.2) is 0 Å². The lowest BCUT2D eigenvalue weighted by Crippen LogP contribution is -2.01. The van der Waals surface area contributed by atoms with Crippen LogP contribution in [0.2, 0.25) is 0 Å². The van der Waals surface area contributed by atoms with E-state index >= 15 is 0 Å². The largest absolute Gasteiger partial charge is 0.478 e. The summed E-state index contributed by atoms with van der Waals surface area (Å²) in [4.78, 5) is 19.5. The quantitative estimate of drug-likeness (QED) is 0.382. The predicted molar refractivity (Wildman–Crippen MR) is 161 cm³/mol. The zero-order valence-electron chi connectivity index (χ0n) is 26.5. The Labute approximate surface area is 232 Å². The molecule has 2 rings (SSSR count). The van der Waals surface area contributed by atoms with Gasteiger partial charge in [-0.25, -0.2) is 4.79 Å². The minimum atomic E-state index is -2.74. The van der Waals surface area contributed by atoms with E-state index in [1.807, 2.05) is 81.4 Å². The summed E-state index contributed by atoms with van der Waals surface area (Å²) in [5, 5.41) is 8.78. The van der Waals surface area contributed by atoms with Crippen LogP contribution in [0.25, 0.3) is 0 Å². The van der Waals surface area contributed by atoms with Crippen molar-refractivity contribution in [1.82, 2.24) is 0 Å². The number of hydrogen-bond donors (Lipinski definition) is 1. The molecule has 2 aromatic rings. The number of rotatable bonds is 5. The Hall–Kier alpha value is -2.76. The van der Waals surface area contributed by atoms with Crippen LogP contribution in [0.4, 0.5) is 8.78 Å². The molecule has 0 heterocycles. The topological polar surface area (TPSA) is 63.6 Å². The van der Waals surface area contributed by atoms with Crippen molar-refractivity contribution in [3.8, 4) is 5.75 Å². The average Bonchev–Trinajstić information content (AvgIpc) is 2.87. The van der Waals surface area contributed by atoms with Crippen molar-refractivity contribution < 1.29 is 28.2 Å². The van der Waals surface area contributed by atoms with E-state index in [4.69, 9.17) is 9.90 Å². The first kappa shape index (κ1) is 45.2. The molecule has 6 heteroatoms. The van der Waals surface area contributed by atoms with E-state index in [1.165, 1.54) is 13.0 Å². The lowest BCUT2D eigenvalue weighted by atomic mass is 9.99. The smallest absolute Gasteiger partial charge is 0.387 e. The van der Waals surface area contributed by atoms with Crippen LogP contribution in [0.5, 0.6) is 5.75 Å². The second-order valence-corrected chi connectivity index (χ2v) is 7.73. The maximum Gasteiger partial charge on any atom is 0.387 e. The molecule has 0 aliphatic rings. The van der Waals surface area contributed by atoms with Gasteiger partial charge in [-0.1, -0.05) is 93.9 Å². The number of alkyl halides is 2. The molecule has 0 spiro atoms. The van der Waals surface area contributed by atoms with E-state index in [-0.39, 0.29) is 5.75 Å². The highest BCUT2D eigenvalue weighted by Crippen LogP contribution is 2.17. The lowest BCUT2D eigenvalue weighted by molar-refractivity contribution is -0.106. The second-order valence-electron chi connectivity index (χ2n) is 7.73. The van der Waals surface area contributed by atoms with Crippen molar-refractivity contribution in [3.05, 3.63) is 64.2 Å². The zero-order valence-corrected chi connectivity index (χ0v) is 26.5. The first-order valence-electron chi connectivity index (χ1n) is 13.6. The van der Waals surface area contributed by atoms with Gasteiger partial charge in [-0.05, 0) is 80.5 Å². The van der Waals surface area contributed by atoms with Gasteiger partial charge in [-0.15, -0.1) is 0 Å². The van der Waals surface area contributed by atoms with Crippen molar-refractivity contribution in [2.75, 3.05) is 0 Å². The Morgan fingerprint density at radius 2 is 1.37 bits per heavy atom. The standard InChI is InChI=1S/C10H12F2O.C10H12O2.C4H10.C2H4O.3C2H6/c1-2-4-8-5-3-6-9(7-8)13-10(11)12;1-6-4-5-9(10(11)12)8(3)7(6)2;1-4(2)3;1-2-3;3*1-2/h3,5-7,10H,2,4H2,1H3;4-5H,1-3H3,(H,11,12);4H,1-3H3;2H,1H3;3*1-2H3. The van der Waals surface area contributed by atoms with Crippen molar-refractivity contribution in [3.63, 3.8) is 0 Å². The van der Waals surface area contributed by atoms with E-state index in [9.17, 15) is 13.6 Å². The van der Waals surface area contributed by atoms with Crippen LogP contribution in [0.1, 0.15) is 115 Å². The fourth-order valence-electron chi connectivity index (χ4n) is 2.35. The number of carbonyl (C=O) groups is 2. The first-order chi connectivity index (χ1) is 17.9. The molecular weight excluding hydrogens is 486 g/mol. The second kappa shape index (κ2) is 32.3. The number of hydrogen-bond acceptors (Lipinski definition) is 3. The highest BCUT2D eigenvalue weighted by molar-refractivity contribution is 5.89. The van der Waals surface area contributed by atoms with Gasteiger partial charge in [0, 0.05) is 0 Å². The van der Waals surface area contributed by atoms with Gasteiger partial charge < -0.3 is 14.6 Å². The number of ether oxygens (including phenoxy) is 1. The van der Waals surface area contributed by atoms with Crippen molar-refractivity contribution in [1.29, 1.82) is 0 Å². The maximum atomic E-state index is 11.8. The predicted octanol–water partition coefficient (Wildman–Crippen LogP) is 10.5. The van der Waals surface area contributed by atoms with Crippen molar-refractivity contribution in [2.45, 2.75) is 116 Å². The molecule has 0 unspecified atom stereocenters. The van der Waals surface area contributed by atoms with Gasteiger partial charge in [-0.2, -0.15) is 8.78 Å². The molecule has 0 aliphatic heterocycles. The van der Waals surface area contributed by atoms with Crippen molar-refractivity contribution in [2.24, 2.45) is 5.92 Å². The van der Waals surface area contributed by atoms with Crippen LogP contribution in [-0.2, 0) is 11.2 Å². The molecule has 1 N–H and O–H groups in total. The number of aryl methyl sites for hydroxylation is 2. The summed E-state index contributed by atoms with van der Waals surface area (Å²) in [5.74, 6) is 0.219. The molecule has 0 saturated carbocycles. The Morgan fingerprint density at radius 1 is 0.921 bits per heavy atom. The molecule has 0 aromatic heterocycles. The minimum Gasteiger partial charge on any atom is -0.478 e. The van der Waals surface area contributed by atoms with E-state index in [0.717, 1.165) is 47.3 Å². The summed E-state index contributed by atoms with van der Waals surface area (Å²) in [6.07, 6.45) is 2.64. The van der Waals surface area contributed by atoms with Gasteiger partial charge in [0.05, 0.1) is 5.56 Å². The van der Waals surface area contributed by atoms with Crippen molar-refractivity contribution >= 4 is 12.3 Å². The highest BCUT2D eigenvalue weighted by Gasteiger charge is 2.09. The minimum absolute atomic E-state index is 0.237. The van der Waals surface area contributed by atoms with Crippen LogP contribution in [0.3, 0.4) is 0 Å². The van der Waals surface area contributed by atoms with Crippen LogP contribution < -0.4 is 4.74 Å². The molecule has 0 aliphatic carbocycles. The number of aldehydes is 1. The summed E-state index contributed by atoms with van der Waals surface area (Å²) in [6, 6.07) is 10.3. The van der Waals surface area contributed by atoms with Gasteiger partial charge in [0.1, 0.15) is 12.0 Å². The zero-order chi connectivity index (χ0) is 31.3. The monoisotopic (exact) mass is 542 g/mol. The van der Waals surface area contributed by atoms with Crippen LogP contribution in [0.15, 0.2) is 36.4 Å². The average molecular weight is 543 g/mol. The third-order valence-corrected chi connectivity index (χ3v) is 3.95. The molecule has 38 heavy (non-hydrogen) atoms. The molecule has 4 nitrogen and oxygen atoms in total. The van der Waals surface area contributed by atoms with E-state index in [1.54, 1.807) is 18.2 Å². The summed E-state index contributed by atoms with van der Waals surface area (Å²) in [5.41, 5.74) is 4.49. The van der Waals surface area contributed by atoms with E-state index in [0.29, 0.717) is 5.56 Å². The number of carbonyl (C=O) groups excluding carboxylic acids is 1. The number of carboxylic acids is 1. The Bertz CT molecular complexity index is 801. The number of halogens is 2. The normalized spacial score (nSPS) is 8.47. The van der Waals surface area contributed by atoms with Gasteiger partial charge >= 0.3 is 12.6 Å². The van der Waals surface area contributed by atoms with Gasteiger partial charge in [-0.3, -0.25) is 0 Å². The Kier molecular flexibility index (Phi) is 38.4. The van der Waals surface area contributed by atoms with Crippen LogP contribution >= 0.6 is 0 Å². The number of aromatic carboxylic acids is 1. The summed E-state index contributed by atoms with van der Waals surface area (Å²) in [6.45, 7) is 25.0. The highest BCUT2D eigenvalue weighted by atomic mass is 19.3. The number of benzene rings is 2. The first-order valence-corrected chi connectivity index (χ1v) is 13.6. The molecular formula is C32H56F2O4.